The van der Waals surface area contributed by atoms with Crippen molar-refractivity contribution in [2.24, 2.45) is 11.1 Å². The van der Waals surface area contributed by atoms with Gasteiger partial charge in [-0.3, -0.25) is 4.90 Å². The third kappa shape index (κ3) is 2.27. The molecule has 0 aromatic rings. The molecule has 1 aliphatic heterocycles. The Balaban J connectivity index is 2.89. The zero-order chi connectivity index (χ0) is 12.6. The van der Waals surface area contributed by atoms with Crippen molar-refractivity contribution < 1.29 is 4.74 Å². The zero-order valence-electron chi connectivity index (χ0n) is 11.7. The van der Waals surface area contributed by atoms with E-state index in [1.165, 1.54) is 0 Å². The molecule has 2 N–H and O–H groups in total. The van der Waals surface area contributed by atoms with Crippen molar-refractivity contribution in [2.75, 3.05) is 20.2 Å². The van der Waals surface area contributed by atoms with E-state index < -0.39 is 0 Å². The molecule has 0 amide bonds. The highest BCUT2D eigenvalue weighted by Gasteiger charge is 2.46. The van der Waals surface area contributed by atoms with Crippen LogP contribution in [0.15, 0.2) is 0 Å². The Kier molecular flexibility index (Phi) is 4.04. The van der Waals surface area contributed by atoms with E-state index in [1.54, 1.807) is 0 Å². The minimum Gasteiger partial charge on any atom is -0.376 e. The molecule has 3 nitrogen and oxygen atoms in total. The predicted molar refractivity (Wildman–Crippen MR) is 68.5 cm³/mol. The lowest BCUT2D eigenvalue weighted by molar-refractivity contribution is -0.0162. The van der Waals surface area contributed by atoms with E-state index >= 15 is 0 Å². The van der Waals surface area contributed by atoms with E-state index in [4.69, 9.17) is 10.5 Å². The van der Waals surface area contributed by atoms with Crippen LogP contribution >= 0.6 is 0 Å². The fourth-order valence-electron chi connectivity index (χ4n) is 2.61. The highest BCUT2D eigenvalue weighted by atomic mass is 16.5. The van der Waals surface area contributed by atoms with Gasteiger partial charge in [0.15, 0.2) is 0 Å². The minimum atomic E-state index is 0.0205. The van der Waals surface area contributed by atoms with Crippen LogP contribution in [0, 0.1) is 5.41 Å². The van der Waals surface area contributed by atoms with E-state index in [1.807, 2.05) is 0 Å². The second-order valence-electron chi connectivity index (χ2n) is 6.22. The molecule has 1 fully saturated rings. The van der Waals surface area contributed by atoms with Gasteiger partial charge in [-0.15, -0.1) is 0 Å². The van der Waals surface area contributed by atoms with Gasteiger partial charge in [0.25, 0.3) is 0 Å². The van der Waals surface area contributed by atoms with Gasteiger partial charge in [-0.1, -0.05) is 20.8 Å². The lowest BCUT2D eigenvalue weighted by atomic mass is 9.81. The molecule has 0 aromatic carbocycles. The maximum Gasteiger partial charge on any atom is 0.0743 e. The Morgan fingerprint density at radius 3 is 2.38 bits per heavy atom. The summed E-state index contributed by atoms with van der Waals surface area (Å²) in [6, 6.07) is 0.486. The maximum absolute atomic E-state index is 6.02. The first-order chi connectivity index (χ1) is 7.25. The monoisotopic (exact) mass is 228 g/mol. The molecule has 0 spiro atoms. The largest absolute Gasteiger partial charge is 0.376 e. The van der Waals surface area contributed by atoms with Crippen molar-refractivity contribution in [1.82, 2.24) is 4.90 Å². The van der Waals surface area contributed by atoms with Crippen LogP contribution < -0.4 is 5.73 Å². The van der Waals surface area contributed by atoms with Crippen LogP contribution in [0.4, 0.5) is 0 Å². The number of rotatable bonds is 3. The van der Waals surface area contributed by atoms with Crippen LogP contribution in [0.3, 0.4) is 0 Å². The van der Waals surface area contributed by atoms with Crippen molar-refractivity contribution in [1.29, 1.82) is 0 Å². The van der Waals surface area contributed by atoms with Crippen molar-refractivity contribution >= 4 is 0 Å². The number of hydrogen-bond acceptors (Lipinski definition) is 3. The minimum absolute atomic E-state index is 0.0205. The number of ether oxygens (including phenoxy) is 1. The van der Waals surface area contributed by atoms with E-state index in [9.17, 15) is 0 Å². The lowest BCUT2D eigenvalue weighted by Gasteiger charge is -2.47. The van der Waals surface area contributed by atoms with Crippen LogP contribution in [0.2, 0.25) is 0 Å². The first-order valence-corrected chi connectivity index (χ1v) is 6.30. The predicted octanol–water partition coefficient (Wildman–Crippen LogP) is 1.86. The van der Waals surface area contributed by atoms with Crippen LogP contribution in [-0.4, -0.2) is 42.8 Å². The highest BCUT2D eigenvalue weighted by molar-refractivity contribution is 5.02. The number of nitrogens with two attached hydrogens (primary N) is 1. The van der Waals surface area contributed by atoms with Gasteiger partial charge < -0.3 is 10.5 Å². The molecule has 0 radical (unpaired) electrons. The Morgan fingerprint density at radius 1 is 1.50 bits per heavy atom. The van der Waals surface area contributed by atoms with Gasteiger partial charge in [-0.25, -0.2) is 0 Å². The standard InChI is InChI=1S/C13H28N2O/c1-10(12(3,4)5)15(6)13(9-14)7-8-16-11(13)2/h10-11H,7-9,14H2,1-6H3. The smallest absolute Gasteiger partial charge is 0.0743 e. The second kappa shape index (κ2) is 4.63. The Morgan fingerprint density at radius 2 is 2.06 bits per heavy atom. The Hall–Kier alpha value is -0.120. The number of hydrogen-bond donors (Lipinski definition) is 1. The van der Waals surface area contributed by atoms with Gasteiger partial charge in [0.2, 0.25) is 0 Å². The fraction of sp³-hybridized carbons (Fsp3) is 1.00. The van der Waals surface area contributed by atoms with Crippen molar-refractivity contribution in [3.63, 3.8) is 0 Å². The molecule has 96 valence electrons. The lowest BCUT2D eigenvalue weighted by Crippen LogP contribution is -2.61. The van der Waals surface area contributed by atoms with E-state index in [2.05, 4.69) is 46.6 Å². The van der Waals surface area contributed by atoms with E-state index in [-0.39, 0.29) is 17.1 Å². The van der Waals surface area contributed by atoms with Crippen LogP contribution in [0.1, 0.15) is 41.0 Å². The Bertz CT molecular complexity index is 237. The van der Waals surface area contributed by atoms with Crippen molar-refractivity contribution in [3.05, 3.63) is 0 Å². The molecule has 0 saturated carbocycles. The summed E-state index contributed by atoms with van der Waals surface area (Å²) >= 11 is 0. The first-order valence-electron chi connectivity index (χ1n) is 6.30. The molecule has 0 aliphatic carbocycles. The molecule has 0 bridgehead atoms. The van der Waals surface area contributed by atoms with Crippen LogP contribution in [0.25, 0.3) is 0 Å². The third-order valence-corrected chi connectivity index (χ3v) is 4.55. The molecular weight excluding hydrogens is 200 g/mol. The zero-order valence-corrected chi connectivity index (χ0v) is 11.7. The van der Waals surface area contributed by atoms with Crippen molar-refractivity contribution in [2.45, 2.75) is 58.7 Å². The highest BCUT2D eigenvalue weighted by Crippen LogP contribution is 2.35. The molecule has 1 aliphatic rings. The summed E-state index contributed by atoms with van der Waals surface area (Å²) in [5.74, 6) is 0. The number of nitrogens with zero attached hydrogens (tertiary/aromatic N) is 1. The second-order valence-corrected chi connectivity index (χ2v) is 6.22. The molecule has 1 heterocycles. The van der Waals surface area contributed by atoms with Crippen molar-refractivity contribution in [3.8, 4) is 0 Å². The summed E-state index contributed by atoms with van der Waals surface area (Å²) < 4.78 is 5.72. The SMILES string of the molecule is CC(N(C)C1(CN)CCOC1C)C(C)(C)C. The molecule has 0 aromatic heterocycles. The molecule has 1 rings (SSSR count). The van der Waals surface area contributed by atoms with E-state index in [0.717, 1.165) is 13.0 Å². The fourth-order valence-corrected chi connectivity index (χ4v) is 2.61. The molecule has 3 heteroatoms. The van der Waals surface area contributed by atoms with Gasteiger partial charge >= 0.3 is 0 Å². The summed E-state index contributed by atoms with van der Waals surface area (Å²) in [4.78, 5) is 2.44. The van der Waals surface area contributed by atoms with Gasteiger partial charge in [0.05, 0.1) is 11.6 Å². The summed E-state index contributed by atoms with van der Waals surface area (Å²) in [6.07, 6.45) is 1.27. The summed E-state index contributed by atoms with van der Waals surface area (Å²) in [5.41, 5.74) is 6.30. The first kappa shape index (κ1) is 13.9. The van der Waals surface area contributed by atoms with E-state index in [0.29, 0.717) is 12.6 Å². The van der Waals surface area contributed by atoms with Gasteiger partial charge in [0.1, 0.15) is 0 Å². The summed E-state index contributed by atoms with van der Waals surface area (Å²) in [6.45, 7) is 12.8. The molecule has 3 atom stereocenters. The topological polar surface area (TPSA) is 38.5 Å². The average Bonchev–Trinajstić information content (AvgIpc) is 2.57. The Labute approximate surface area is 100 Å². The molecule has 16 heavy (non-hydrogen) atoms. The summed E-state index contributed by atoms with van der Waals surface area (Å²) in [7, 11) is 2.19. The quantitative estimate of drug-likeness (QED) is 0.801. The van der Waals surface area contributed by atoms with Gasteiger partial charge in [-0.2, -0.15) is 0 Å². The van der Waals surface area contributed by atoms with Gasteiger partial charge in [0, 0.05) is 19.2 Å². The third-order valence-electron chi connectivity index (χ3n) is 4.55. The number of likely N-dealkylation sites (N-methyl/N-ethyl adjacent to an activating group) is 1. The maximum atomic E-state index is 6.02. The molecule has 3 unspecified atom stereocenters. The molecular formula is C13H28N2O. The van der Waals surface area contributed by atoms with Gasteiger partial charge in [-0.05, 0) is 32.7 Å². The van der Waals surface area contributed by atoms with Crippen LogP contribution in [0.5, 0.6) is 0 Å². The normalized spacial score (nSPS) is 33.4. The summed E-state index contributed by atoms with van der Waals surface area (Å²) in [5, 5.41) is 0. The average molecular weight is 228 g/mol. The molecule has 1 saturated heterocycles. The van der Waals surface area contributed by atoms with Crippen LogP contribution in [-0.2, 0) is 4.74 Å².